The van der Waals surface area contributed by atoms with Gasteiger partial charge in [-0.05, 0) is 51.7 Å². The number of aliphatic hydroxyl groups is 1. The van der Waals surface area contributed by atoms with Crippen molar-refractivity contribution in [2.75, 3.05) is 6.61 Å². The van der Waals surface area contributed by atoms with E-state index in [-0.39, 0.29) is 12.5 Å². The van der Waals surface area contributed by atoms with Crippen molar-refractivity contribution in [1.29, 1.82) is 0 Å². The number of ether oxygens (including phenoxy) is 1. The lowest BCUT2D eigenvalue weighted by Gasteiger charge is -2.52. The Kier molecular flexibility index (Phi) is 4.03. The van der Waals surface area contributed by atoms with Crippen LogP contribution in [0.3, 0.4) is 0 Å². The molecule has 130 valence electrons. The molecule has 0 unspecified atom stereocenters. The van der Waals surface area contributed by atoms with Crippen molar-refractivity contribution in [3.63, 3.8) is 0 Å². The number of allylic oxidation sites excluding steroid dienone is 1. The first-order valence-corrected chi connectivity index (χ1v) is 8.22. The molecule has 1 N–H and O–H groups in total. The van der Waals surface area contributed by atoms with E-state index < -0.39 is 16.3 Å². The second-order valence-corrected chi connectivity index (χ2v) is 7.21. The minimum atomic E-state index is -0.935. The van der Waals surface area contributed by atoms with Crippen LogP contribution in [0.4, 0.5) is 0 Å². The van der Waals surface area contributed by atoms with Crippen molar-refractivity contribution < 1.29 is 19.8 Å². The Morgan fingerprint density at radius 3 is 2.92 bits per heavy atom. The molecule has 0 spiro atoms. The topological polar surface area (TPSA) is 81.8 Å². The first-order valence-electron chi connectivity index (χ1n) is 8.22. The molecule has 1 aromatic rings. The van der Waals surface area contributed by atoms with Crippen LogP contribution in [0.15, 0.2) is 29.8 Å². The van der Waals surface area contributed by atoms with Crippen LogP contribution in [0.2, 0.25) is 0 Å². The van der Waals surface area contributed by atoms with Gasteiger partial charge in [0.1, 0.15) is 23.6 Å². The molecule has 0 radical (unpaired) electrons. The maximum absolute atomic E-state index is 11.3. The molecule has 0 saturated heterocycles. The number of benzene rings is 1. The lowest BCUT2D eigenvalue weighted by atomic mass is 9.64. The van der Waals surface area contributed by atoms with Gasteiger partial charge >= 0.3 is 0 Å². The monoisotopic (exact) mass is 333 g/mol. The third-order valence-corrected chi connectivity index (χ3v) is 5.27. The summed E-state index contributed by atoms with van der Waals surface area (Å²) in [6.07, 6.45) is 4.11. The molecule has 1 aliphatic carbocycles. The zero-order valence-electron chi connectivity index (χ0n) is 14.2. The second kappa shape index (κ2) is 5.77. The summed E-state index contributed by atoms with van der Waals surface area (Å²) in [4.78, 5) is 14.6. The predicted molar refractivity (Wildman–Crippen MR) is 88.5 cm³/mol. The molecule has 0 fully saturated rings. The molecule has 1 aliphatic heterocycles. The van der Waals surface area contributed by atoms with Gasteiger partial charge in [0.05, 0.1) is 0 Å². The van der Waals surface area contributed by atoms with E-state index in [2.05, 4.69) is 17.8 Å². The zero-order chi connectivity index (χ0) is 17.5. The van der Waals surface area contributed by atoms with Gasteiger partial charge in [0.25, 0.3) is 5.09 Å². The van der Waals surface area contributed by atoms with Crippen LogP contribution in [0.25, 0.3) is 0 Å². The lowest BCUT2D eigenvalue weighted by molar-refractivity contribution is -0.757. The molecule has 6 nitrogen and oxygen atoms in total. The minimum absolute atomic E-state index is 0.0154. The van der Waals surface area contributed by atoms with Gasteiger partial charge in [0.15, 0.2) is 0 Å². The Bertz CT molecular complexity index is 697. The molecule has 0 amide bonds. The van der Waals surface area contributed by atoms with Crippen molar-refractivity contribution in [3.8, 4) is 5.75 Å². The molecule has 24 heavy (non-hydrogen) atoms. The van der Waals surface area contributed by atoms with E-state index in [0.717, 1.165) is 23.3 Å². The minimum Gasteiger partial charge on any atom is -0.485 e. The Labute approximate surface area is 141 Å². The van der Waals surface area contributed by atoms with Crippen LogP contribution in [-0.2, 0) is 11.3 Å². The number of nitrogens with zero attached hydrogens (tertiary/aromatic N) is 1. The van der Waals surface area contributed by atoms with E-state index in [0.29, 0.717) is 12.8 Å². The van der Waals surface area contributed by atoms with Crippen molar-refractivity contribution in [1.82, 2.24) is 0 Å². The molecule has 0 saturated carbocycles. The van der Waals surface area contributed by atoms with E-state index in [1.807, 2.05) is 32.0 Å². The van der Waals surface area contributed by atoms with Gasteiger partial charge in [0, 0.05) is 11.5 Å². The molecule has 2 atom stereocenters. The average molecular weight is 333 g/mol. The predicted octanol–water partition coefficient (Wildman–Crippen LogP) is 3.16. The zero-order valence-corrected chi connectivity index (χ0v) is 14.2. The lowest BCUT2D eigenvalue weighted by Crippen LogP contribution is -2.60. The first-order chi connectivity index (χ1) is 11.2. The number of rotatable bonds is 4. The van der Waals surface area contributed by atoms with Gasteiger partial charge in [-0.25, -0.2) is 0 Å². The summed E-state index contributed by atoms with van der Waals surface area (Å²) in [6, 6.07) is 5.77. The smallest absolute Gasteiger partial charge is 0.294 e. The maximum Gasteiger partial charge on any atom is 0.294 e. The molecule has 2 aliphatic rings. The second-order valence-electron chi connectivity index (χ2n) is 7.21. The fourth-order valence-electron chi connectivity index (χ4n) is 3.75. The molecule has 1 aromatic carbocycles. The van der Waals surface area contributed by atoms with Crippen molar-refractivity contribution in [3.05, 3.63) is 51.1 Å². The number of hydrogen-bond acceptors (Lipinski definition) is 5. The number of fused-ring (bicyclic) bond motifs is 3. The van der Waals surface area contributed by atoms with Gasteiger partial charge in [-0.2, -0.15) is 0 Å². The SMILES string of the molecule is CC1=C[C@@H]2c3ccc(CCO[N+](=O)[O-])cc3OC(C)(C)[C@@]2(O)CC1. The van der Waals surface area contributed by atoms with E-state index in [9.17, 15) is 15.2 Å². The fraction of sp³-hybridized carbons (Fsp3) is 0.556. The summed E-state index contributed by atoms with van der Waals surface area (Å²) in [6.45, 7) is 5.94. The fourth-order valence-corrected chi connectivity index (χ4v) is 3.75. The van der Waals surface area contributed by atoms with Crippen molar-refractivity contribution >= 4 is 0 Å². The van der Waals surface area contributed by atoms with E-state index in [4.69, 9.17) is 4.74 Å². The molecule has 6 heteroatoms. The summed E-state index contributed by atoms with van der Waals surface area (Å²) in [5.74, 6) is 0.633. The van der Waals surface area contributed by atoms with E-state index in [1.54, 1.807) is 0 Å². The summed E-state index contributed by atoms with van der Waals surface area (Å²) >= 11 is 0. The number of hydrogen-bond donors (Lipinski definition) is 1. The first kappa shape index (κ1) is 16.8. The largest absolute Gasteiger partial charge is 0.485 e. The van der Waals surface area contributed by atoms with Crippen LogP contribution in [0.5, 0.6) is 5.75 Å². The quantitative estimate of drug-likeness (QED) is 0.520. The average Bonchev–Trinajstić information content (AvgIpc) is 2.48. The van der Waals surface area contributed by atoms with Gasteiger partial charge in [-0.1, -0.05) is 23.8 Å². The van der Waals surface area contributed by atoms with Crippen LogP contribution >= 0.6 is 0 Å². The van der Waals surface area contributed by atoms with Crippen LogP contribution < -0.4 is 4.74 Å². The Hall–Kier alpha value is -2.08. The summed E-state index contributed by atoms with van der Waals surface area (Å²) < 4.78 is 6.14. The van der Waals surface area contributed by atoms with Crippen molar-refractivity contribution in [2.24, 2.45) is 0 Å². The normalized spacial score (nSPS) is 27.3. The summed E-state index contributed by atoms with van der Waals surface area (Å²) in [5.41, 5.74) is 1.51. The van der Waals surface area contributed by atoms with Crippen LogP contribution in [0.1, 0.15) is 50.7 Å². The highest BCUT2D eigenvalue weighted by atomic mass is 16.9. The van der Waals surface area contributed by atoms with Crippen LogP contribution in [-0.4, -0.2) is 28.0 Å². The van der Waals surface area contributed by atoms with E-state index in [1.165, 1.54) is 5.57 Å². The Balaban J connectivity index is 1.93. The highest BCUT2D eigenvalue weighted by Crippen LogP contribution is 2.53. The highest BCUT2D eigenvalue weighted by molar-refractivity contribution is 5.48. The van der Waals surface area contributed by atoms with Gasteiger partial charge in [-0.3, -0.25) is 0 Å². The van der Waals surface area contributed by atoms with Crippen LogP contribution in [0, 0.1) is 10.1 Å². The molecule has 1 heterocycles. The Morgan fingerprint density at radius 1 is 1.46 bits per heavy atom. The molecular formula is C18H23NO5. The standard InChI is InChI=1S/C18H23NO5/c1-12-6-8-18(20)15(10-12)14-5-4-13(7-9-23-19(21)22)11-16(14)24-17(18,2)3/h4-5,10-11,15,20H,6-9H2,1-3H3/t15-,18-/m1/s1. The Morgan fingerprint density at radius 2 is 2.21 bits per heavy atom. The van der Waals surface area contributed by atoms with E-state index >= 15 is 0 Å². The third-order valence-electron chi connectivity index (χ3n) is 5.27. The summed E-state index contributed by atoms with van der Waals surface area (Å²) in [7, 11) is 0. The molecule has 0 aromatic heterocycles. The highest BCUT2D eigenvalue weighted by Gasteiger charge is 2.55. The third kappa shape index (κ3) is 2.75. The van der Waals surface area contributed by atoms with Crippen molar-refractivity contribution in [2.45, 2.75) is 57.2 Å². The molecular weight excluding hydrogens is 310 g/mol. The molecule has 3 rings (SSSR count). The summed E-state index contributed by atoms with van der Waals surface area (Å²) in [5, 5.41) is 20.8. The maximum atomic E-state index is 11.3. The van der Waals surface area contributed by atoms with Gasteiger partial charge < -0.3 is 14.7 Å². The molecule has 0 bridgehead atoms. The van der Waals surface area contributed by atoms with Gasteiger partial charge in [-0.15, -0.1) is 10.1 Å². The van der Waals surface area contributed by atoms with Gasteiger partial charge in [0.2, 0.25) is 0 Å².